The Bertz CT molecular complexity index is 1260. The van der Waals surface area contributed by atoms with E-state index >= 15 is 0 Å². The number of quaternary nitrogens is 1. The molecule has 406 valence electrons. The summed E-state index contributed by atoms with van der Waals surface area (Å²) in [5.74, 6) is -0.200. The number of hydrogen-bond donors (Lipinski definition) is 3. The molecule has 0 aromatic rings. The minimum Gasteiger partial charge on any atom is -0.387 e. The molecule has 0 aromatic heterocycles. The molecule has 0 aliphatic rings. The summed E-state index contributed by atoms with van der Waals surface area (Å²) in [5.41, 5.74) is 0. The van der Waals surface area contributed by atoms with Crippen LogP contribution in [-0.2, 0) is 18.4 Å². The van der Waals surface area contributed by atoms with Gasteiger partial charge in [-0.2, -0.15) is 0 Å². The molecule has 0 rings (SSSR count). The van der Waals surface area contributed by atoms with Crippen LogP contribution in [-0.4, -0.2) is 73.4 Å². The van der Waals surface area contributed by atoms with Crippen molar-refractivity contribution in [3.63, 3.8) is 0 Å². The van der Waals surface area contributed by atoms with Crippen molar-refractivity contribution in [1.29, 1.82) is 0 Å². The molecule has 3 N–H and O–H groups in total. The molecule has 0 spiro atoms. The van der Waals surface area contributed by atoms with Gasteiger partial charge in [-0.15, -0.1) is 0 Å². The number of carbonyl (C=O) groups is 1. The quantitative estimate of drug-likeness (QED) is 0.0243. The van der Waals surface area contributed by atoms with Crippen LogP contribution in [0.4, 0.5) is 0 Å². The van der Waals surface area contributed by atoms with Crippen LogP contribution in [0.1, 0.15) is 277 Å². The molecule has 0 aliphatic heterocycles. The Morgan fingerprint density at radius 1 is 0.493 bits per heavy atom. The average molecular weight is 993 g/mol. The second-order valence-corrected chi connectivity index (χ2v) is 22.8. The van der Waals surface area contributed by atoms with Gasteiger partial charge in [-0.3, -0.25) is 13.8 Å². The highest BCUT2D eigenvalue weighted by Crippen LogP contribution is 2.43. The van der Waals surface area contributed by atoms with Gasteiger partial charge in [-0.1, -0.05) is 255 Å². The van der Waals surface area contributed by atoms with Crippen molar-refractivity contribution >= 4 is 13.7 Å². The van der Waals surface area contributed by atoms with Crippen LogP contribution in [0, 0.1) is 0 Å². The topological polar surface area (TPSA) is 105 Å². The van der Waals surface area contributed by atoms with Crippen molar-refractivity contribution in [2.24, 2.45) is 0 Å². The Balaban J connectivity index is 4.13. The summed E-state index contributed by atoms with van der Waals surface area (Å²) in [6.45, 7) is 4.78. The summed E-state index contributed by atoms with van der Waals surface area (Å²) < 4.78 is 23.7. The molecule has 0 saturated heterocycles. The van der Waals surface area contributed by atoms with Crippen molar-refractivity contribution in [2.75, 3.05) is 40.9 Å². The second-order valence-electron chi connectivity index (χ2n) is 21.4. The molecule has 0 bridgehead atoms. The van der Waals surface area contributed by atoms with Gasteiger partial charge in [-0.25, -0.2) is 4.57 Å². The van der Waals surface area contributed by atoms with E-state index in [2.05, 4.69) is 55.6 Å². The number of hydrogen-bond acceptors (Lipinski definition) is 5. The van der Waals surface area contributed by atoms with Crippen LogP contribution in [0.25, 0.3) is 0 Å². The Kier molecular flexibility index (Phi) is 50.2. The third-order valence-electron chi connectivity index (χ3n) is 13.3. The van der Waals surface area contributed by atoms with E-state index in [0.29, 0.717) is 17.4 Å². The zero-order chi connectivity index (χ0) is 50.6. The number of unbranched alkanes of at least 4 members (excludes halogenated alkanes) is 35. The van der Waals surface area contributed by atoms with Gasteiger partial charge in [0.1, 0.15) is 13.2 Å². The number of likely N-dealkylation sites (N-methyl/N-ethyl adjacent to an activating group) is 1. The predicted molar refractivity (Wildman–Crippen MR) is 300 cm³/mol. The summed E-state index contributed by atoms with van der Waals surface area (Å²) in [6, 6.07) is -0.872. The number of amides is 1. The first-order valence-electron chi connectivity index (χ1n) is 29.5. The zero-order valence-electron chi connectivity index (χ0n) is 46.3. The van der Waals surface area contributed by atoms with Crippen molar-refractivity contribution in [1.82, 2.24) is 5.32 Å². The van der Waals surface area contributed by atoms with E-state index in [1.165, 1.54) is 193 Å². The lowest BCUT2D eigenvalue weighted by Gasteiger charge is -2.25. The third kappa shape index (κ3) is 54.1. The van der Waals surface area contributed by atoms with Crippen molar-refractivity contribution < 1.29 is 32.9 Å². The Morgan fingerprint density at radius 2 is 0.841 bits per heavy atom. The fourth-order valence-electron chi connectivity index (χ4n) is 8.62. The van der Waals surface area contributed by atoms with Crippen LogP contribution < -0.4 is 5.32 Å². The number of aliphatic hydroxyl groups is 1. The molecule has 9 heteroatoms. The third-order valence-corrected chi connectivity index (χ3v) is 14.3. The number of phosphoric acid groups is 1. The number of aliphatic hydroxyl groups excluding tert-OH is 1. The summed E-state index contributed by atoms with van der Waals surface area (Å²) in [4.78, 5) is 23.2. The highest BCUT2D eigenvalue weighted by atomic mass is 31.2. The number of phosphoric ester groups is 1. The molecular formula is C60H116N2O6P+. The van der Waals surface area contributed by atoms with E-state index < -0.39 is 20.0 Å². The lowest BCUT2D eigenvalue weighted by molar-refractivity contribution is -0.870. The standard InChI is InChI=1S/C60H115N2O6P/c1-6-8-10-12-14-16-18-20-22-23-24-25-26-27-28-29-30-31-32-33-34-35-36-37-38-40-41-43-45-47-49-51-53-59(63)58(57-68-69(65,66)67-56-55-62(3,4)5)61-60(64)54-52-50-48-46-44-42-39-21-19-17-15-13-11-9-7-2/h15,17,21,39,43,45,51,53,58-59,63H,6-14,16,18-20,22-38,40-42,44,46-50,52,54-57H2,1-5H3,(H-,61,64,65,66)/p+1/b17-15-,39-21-,45-43+,53-51+. The highest BCUT2D eigenvalue weighted by molar-refractivity contribution is 7.47. The molecule has 69 heavy (non-hydrogen) atoms. The van der Waals surface area contributed by atoms with E-state index in [0.717, 1.165) is 64.2 Å². The maximum Gasteiger partial charge on any atom is 0.472 e. The summed E-state index contributed by atoms with van der Waals surface area (Å²) in [7, 11) is 1.55. The van der Waals surface area contributed by atoms with E-state index in [9.17, 15) is 19.4 Å². The molecule has 1 amide bonds. The molecule has 0 saturated carbocycles. The number of nitrogens with one attached hydrogen (secondary N) is 1. The number of rotatable bonds is 54. The van der Waals surface area contributed by atoms with Crippen LogP contribution in [0.15, 0.2) is 48.6 Å². The van der Waals surface area contributed by atoms with Gasteiger partial charge in [-0.05, 0) is 64.2 Å². The normalized spacial score (nSPS) is 14.2. The molecule has 3 atom stereocenters. The zero-order valence-corrected chi connectivity index (χ0v) is 47.2. The summed E-state index contributed by atoms with van der Waals surface area (Å²) in [6.07, 6.45) is 68.1. The van der Waals surface area contributed by atoms with E-state index in [1.807, 2.05) is 27.2 Å². The van der Waals surface area contributed by atoms with Gasteiger partial charge >= 0.3 is 7.82 Å². The maximum atomic E-state index is 12.9. The first-order chi connectivity index (χ1) is 33.5. The van der Waals surface area contributed by atoms with Crippen LogP contribution in [0.2, 0.25) is 0 Å². The van der Waals surface area contributed by atoms with Gasteiger partial charge in [0.15, 0.2) is 0 Å². The fraction of sp³-hybridized carbons (Fsp3) is 0.850. The Morgan fingerprint density at radius 3 is 1.28 bits per heavy atom. The van der Waals surface area contributed by atoms with E-state index in [-0.39, 0.29) is 19.1 Å². The molecule has 0 fully saturated rings. The van der Waals surface area contributed by atoms with Crippen LogP contribution in [0.5, 0.6) is 0 Å². The molecule has 3 unspecified atom stereocenters. The number of carbonyl (C=O) groups excluding carboxylic acids is 1. The lowest BCUT2D eigenvalue weighted by atomic mass is 10.0. The minimum absolute atomic E-state index is 0.0524. The molecule has 8 nitrogen and oxygen atoms in total. The number of nitrogens with zero attached hydrogens (tertiary/aromatic N) is 1. The minimum atomic E-state index is -4.36. The maximum absolute atomic E-state index is 12.9. The van der Waals surface area contributed by atoms with Gasteiger partial charge in [0.05, 0.1) is 39.9 Å². The monoisotopic (exact) mass is 992 g/mol. The SMILES string of the molecule is CCCCC/C=C\C/C=C\CCCCCCCC(=O)NC(COP(=O)(O)OCC[N+](C)(C)C)C(O)/C=C/CC/C=C/CCCCCCCCCCCCCCCCCCCCCCCCCCCC. The molecule has 0 heterocycles. The Hall–Kier alpha value is -1.54. The van der Waals surface area contributed by atoms with Crippen LogP contribution in [0.3, 0.4) is 0 Å². The van der Waals surface area contributed by atoms with Crippen molar-refractivity contribution in [2.45, 2.75) is 289 Å². The number of allylic oxidation sites excluding steroid dienone is 7. The molecule has 0 aromatic carbocycles. The molecule has 0 aliphatic carbocycles. The van der Waals surface area contributed by atoms with E-state index in [4.69, 9.17) is 9.05 Å². The molecule has 0 radical (unpaired) electrons. The first kappa shape index (κ1) is 67.5. The highest BCUT2D eigenvalue weighted by Gasteiger charge is 2.27. The summed E-state index contributed by atoms with van der Waals surface area (Å²) in [5, 5.41) is 13.9. The lowest BCUT2D eigenvalue weighted by Crippen LogP contribution is -2.45. The van der Waals surface area contributed by atoms with Gasteiger partial charge in [0, 0.05) is 6.42 Å². The predicted octanol–water partition coefficient (Wildman–Crippen LogP) is 17.9. The van der Waals surface area contributed by atoms with Gasteiger partial charge < -0.3 is 19.8 Å². The van der Waals surface area contributed by atoms with E-state index in [1.54, 1.807) is 6.08 Å². The molecular weight excluding hydrogens is 876 g/mol. The van der Waals surface area contributed by atoms with Gasteiger partial charge in [0.25, 0.3) is 0 Å². The van der Waals surface area contributed by atoms with Crippen molar-refractivity contribution in [3.05, 3.63) is 48.6 Å². The Labute approximate surface area is 429 Å². The fourth-order valence-corrected chi connectivity index (χ4v) is 9.36. The van der Waals surface area contributed by atoms with Crippen LogP contribution >= 0.6 is 7.82 Å². The first-order valence-corrected chi connectivity index (χ1v) is 31.0. The largest absolute Gasteiger partial charge is 0.472 e. The summed E-state index contributed by atoms with van der Waals surface area (Å²) >= 11 is 0. The van der Waals surface area contributed by atoms with Gasteiger partial charge in [0.2, 0.25) is 5.91 Å². The average Bonchev–Trinajstić information content (AvgIpc) is 3.31. The second kappa shape index (κ2) is 51.4. The van der Waals surface area contributed by atoms with Crippen molar-refractivity contribution in [3.8, 4) is 0 Å². The smallest absolute Gasteiger partial charge is 0.387 e.